The Morgan fingerprint density at radius 3 is 2.83 bits per heavy atom. The van der Waals surface area contributed by atoms with Gasteiger partial charge in [-0.2, -0.15) is 0 Å². The quantitative estimate of drug-likeness (QED) is 0.794. The Labute approximate surface area is 142 Å². The molecule has 1 heterocycles. The molecule has 1 aromatic heterocycles. The van der Waals surface area contributed by atoms with Crippen molar-refractivity contribution in [3.05, 3.63) is 48.0 Å². The number of carbonyl (C=O) groups is 1. The fourth-order valence-electron chi connectivity index (χ4n) is 3.38. The molecule has 0 spiro atoms. The van der Waals surface area contributed by atoms with Crippen molar-refractivity contribution in [1.29, 1.82) is 0 Å². The number of ether oxygens (including phenoxy) is 1. The molecule has 1 aromatic carbocycles. The van der Waals surface area contributed by atoms with Crippen LogP contribution in [0.15, 0.2) is 36.8 Å². The Hall–Kier alpha value is -2.14. The maximum absolute atomic E-state index is 12.6. The number of imidazole rings is 1. The normalized spacial score (nSPS) is 22.4. The molecule has 5 nitrogen and oxygen atoms in total. The fourth-order valence-corrected chi connectivity index (χ4v) is 3.38. The number of hydrogen-bond donors (Lipinski definition) is 1. The van der Waals surface area contributed by atoms with Gasteiger partial charge < -0.3 is 15.0 Å². The largest absolute Gasteiger partial charge is 0.465 e. The first kappa shape index (κ1) is 16.7. The molecule has 2 N–H and O–H groups in total. The number of hydrogen-bond acceptors (Lipinski definition) is 4. The highest BCUT2D eigenvalue weighted by molar-refractivity contribution is 5.86. The standard InChI is InChI=1S/C19H25N3O2/c1-3-24-18(23)19(11-15(19)5-4-10-20)17-12-22(13-21-17)16-8-6-14(2)7-9-16/h6-9,12-13,15H,3-5,10-11,20H2,1-2H3. The molecule has 2 unspecified atom stereocenters. The smallest absolute Gasteiger partial charge is 0.318 e. The van der Waals surface area contributed by atoms with Crippen LogP contribution in [0, 0.1) is 12.8 Å². The van der Waals surface area contributed by atoms with E-state index in [1.165, 1.54) is 5.56 Å². The molecular formula is C19H25N3O2. The summed E-state index contributed by atoms with van der Waals surface area (Å²) in [6.07, 6.45) is 6.40. The molecule has 5 heteroatoms. The Balaban J connectivity index is 1.87. The van der Waals surface area contributed by atoms with Crippen LogP contribution in [-0.2, 0) is 14.9 Å². The van der Waals surface area contributed by atoms with Gasteiger partial charge in [0.1, 0.15) is 5.41 Å². The Bertz CT molecular complexity index is 708. The van der Waals surface area contributed by atoms with Crippen molar-refractivity contribution in [2.45, 2.75) is 38.5 Å². The zero-order chi connectivity index (χ0) is 17.2. The summed E-state index contributed by atoms with van der Waals surface area (Å²) < 4.78 is 7.31. The van der Waals surface area contributed by atoms with E-state index < -0.39 is 5.41 Å². The Morgan fingerprint density at radius 2 is 2.17 bits per heavy atom. The minimum atomic E-state index is -0.582. The van der Waals surface area contributed by atoms with Gasteiger partial charge in [0.15, 0.2) is 0 Å². The number of benzene rings is 1. The molecule has 0 bridgehead atoms. The lowest BCUT2D eigenvalue weighted by Crippen LogP contribution is -2.26. The van der Waals surface area contributed by atoms with E-state index in [4.69, 9.17) is 10.5 Å². The predicted octanol–water partition coefficient (Wildman–Crippen LogP) is 2.74. The summed E-state index contributed by atoms with van der Waals surface area (Å²) in [5.41, 5.74) is 8.10. The minimum absolute atomic E-state index is 0.152. The highest BCUT2D eigenvalue weighted by Crippen LogP contribution is 2.56. The Morgan fingerprint density at radius 1 is 1.42 bits per heavy atom. The summed E-state index contributed by atoms with van der Waals surface area (Å²) in [6.45, 7) is 4.94. The number of rotatable bonds is 7. The topological polar surface area (TPSA) is 70.1 Å². The number of esters is 1. The summed E-state index contributed by atoms with van der Waals surface area (Å²) in [5.74, 6) is 0.127. The van der Waals surface area contributed by atoms with Gasteiger partial charge in [0.2, 0.25) is 0 Å². The third-order valence-electron chi connectivity index (χ3n) is 4.87. The van der Waals surface area contributed by atoms with Crippen molar-refractivity contribution in [2.75, 3.05) is 13.2 Å². The maximum Gasteiger partial charge on any atom is 0.318 e. The zero-order valence-electron chi connectivity index (χ0n) is 14.4. The van der Waals surface area contributed by atoms with E-state index in [1.54, 1.807) is 6.33 Å². The van der Waals surface area contributed by atoms with E-state index in [0.29, 0.717) is 13.2 Å². The van der Waals surface area contributed by atoms with Gasteiger partial charge in [0.05, 0.1) is 18.6 Å². The molecule has 1 fully saturated rings. The van der Waals surface area contributed by atoms with Gasteiger partial charge in [0, 0.05) is 11.9 Å². The number of aryl methyl sites for hydroxylation is 1. The molecule has 0 saturated heterocycles. The van der Waals surface area contributed by atoms with Crippen LogP contribution in [0.3, 0.4) is 0 Å². The van der Waals surface area contributed by atoms with E-state index in [-0.39, 0.29) is 11.9 Å². The second-order valence-electron chi connectivity index (χ2n) is 6.53. The monoisotopic (exact) mass is 327 g/mol. The highest BCUT2D eigenvalue weighted by atomic mass is 16.5. The van der Waals surface area contributed by atoms with E-state index in [1.807, 2.05) is 17.7 Å². The maximum atomic E-state index is 12.6. The van der Waals surface area contributed by atoms with Crippen molar-refractivity contribution in [1.82, 2.24) is 9.55 Å². The van der Waals surface area contributed by atoms with Gasteiger partial charge in [-0.25, -0.2) is 4.98 Å². The summed E-state index contributed by atoms with van der Waals surface area (Å²) in [6, 6.07) is 8.24. The van der Waals surface area contributed by atoms with Crippen molar-refractivity contribution < 1.29 is 9.53 Å². The van der Waals surface area contributed by atoms with Crippen LogP contribution in [0.25, 0.3) is 5.69 Å². The average Bonchev–Trinajstić information content (AvgIpc) is 3.11. The molecule has 1 aliphatic carbocycles. The zero-order valence-corrected chi connectivity index (χ0v) is 14.4. The lowest BCUT2D eigenvalue weighted by molar-refractivity contribution is -0.146. The van der Waals surface area contributed by atoms with Crippen LogP contribution in [0.1, 0.15) is 37.4 Å². The predicted molar refractivity (Wildman–Crippen MR) is 93.0 cm³/mol. The molecule has 0 radical (unpaired) electrons. The summed E-state index contributed by atoms with van der Waals surface area (Å²) >= 11 is 0. The van der Waals surface area contributed by atoms with Gasteiger partial charge in [-0.1, -0.05) is 17.7 Å². The third-order valence-corrected chi connectivity index (χ3v) is 4.87. The molecule has 128 valence electrons. The van der Waals surface area contributed by atoms with E-state index in [2.05, 4.69) is 36.2 Å². The fraction of sp³-hybridized carbons (Fsp3) is 0.474. The number of carbonyl (C=O) groups excluding carboxylic acids is 1. The lowest BCUT2D eigenvalue weighted by Gasteiger charge is -2.14. The lowest BCUT2D eigenvalue weighted by atomic mass is 9.97. The third kappa shape index (κ3) is 2.96. The van der Waals surface area contributed by atoms with Crippen LogP contribution >= 0.6 is 0 Å². The summed E-state index contributed by atoms with van der Waals surface area (Å²) in [4.78, 5) is 17.1. The summed E-state index contributed by atoms with van der Waals surface area (Å²) in [5, 5.41) is 0. The first-order chi connectivity index (χ1) is 11.6. The summed E-state index contributed by atoms with van der Waals surface area (Å²) in [7, 11) is 0. The number of nitrogens with two attached hydrogens (primary N) is 1. The van der Waals surface area contributed by atoms with Crippen LogP contribution in [-0.4, -0.2) is 28.7 Å². The minimum Gasteiger partial charge on any atom is -0.465 e. The van der Waals surface area contributed by atoms with Crippen LogP contribution in [0.5, 0.6) is 0 Å². The van der Waals surface area contributed by atoms with Crippen LogP contribution < -0.4 is 5.73 Å². The van der Waals surface area contributed by atoms with E-state index in [0.717, 1.165) is 30.6 Å². The van der Waals surface area contributed by atoms with Crippen molar-refractivity contribution >= 4 is 5.97 Å². The first-order valence-corrected chi connectivity index (χ1v) is 8.60. The average molecular weight is 327 g/mol. The van der Waals surface area contributed by atoms with Crippen molar-refractivity contribution in [3.63, 3.8) is 0 Å². The second kappa shape index (κ2) is 6.77. The van der Waals surface area contributed by atoms with E-state index in [9.17, 15) is 4.79 Å². The molecule has 3 rings (SSSR count). The number of nitrogens with zero attached hydrogens (tertiary/aromatic N) is 2. The van der Waals surface area contributed by atoms with Gasteiger partial charge in [0.25, 0.3) is 0 Å². The molecule has 0 amide bonds. The molecule has 2 atom stereocenters. The molecule has 1 aliphatic rings. The van der Waals surface area contributed by atoms with Gasteiger partial charge >= 0.3 is 5.97 Å². The molecule has 24 heavy (non-hydrogen) atoms. The molecule has 1 saturated carbocycles. The van der Waals surface area contributed by atoms with Gasteiger partial charge in [-0.05, 0) is 57.7 Å². The van der Waals surface area contributed by atoms with Gasteiger partial charge in [-0.3, -0.25) is 4.79 Å². The first-order valence-electron chi connectivity index (χ1n) is 8.60. The molecule has 2 aromatic rings. The van der Waals surface area contributed by atoms with Crippen LogP contribution in [0.4, 0.5) is 0 Å². The van der Waals surface area contributed by atoms with Crippen molar-refractivity contribution in [3.8, 4) is 5.69 Å². The van der Waals surface area contributed by atoms with Crippen LogP contribution in [0.2, 0.25) is 0 Å². The second-order valence-corrected chi connectivity index (χ2v) is 6.53. The Kier molecular flexibility index (Phi) is 4.71. The highest BCUT2D eigenvalue weighted by Gasteiger charge is 2.63. The SMILES string of the molecule is CCOC(=O)C1(c2cn(-c3ccc(C)cc3)cn2)CC1CCCN. The molecule has 0 aliphatic heterocycles. The van der Waals surface area contributed by atoms with E-state index >= 15 is 0 Å². The van der Waals surface area contributed by atoms with Crippen molar-refractivity contribution in [2.24, 2.45) is 11.7 Å². The number of aromatic nitrogens is 2. The molecular weight excluding hydrogens is 302 g/mol. The van der Waals surface area contributed by atoms with Gasteiger partial charge in [-0.15, -0.1) is 0 Å².